The van der Waals surface area contributed by atoms with E-state index in [1.165, 1.54) is 22.3 Å². The summed E-state index contributed by atoms with van der Waals surface area (Å²) >= 11 is 0. The third-order valence-electron chi connectivity index (χ3n) is 3.65. The molecule has 0 saturated heterocycles. The van der Waals surface area contributed by atoms with Crippen molar-refractivity contribution in [3.05, 3.63) is 59.2 Å². The molecule has 0 bridgehead atoms. The lowest BCUT2D eigenvalue weighted by Crippen LogP contribution is -2.02. The van der Waals surface area contributed by atoms with Crippen LogP contribution in [0.5, 0.6) is 0 Å². The van der Waals surface area contributed by atoms with Gasteiger partial charge in [-0.15, -0.1) is 0 Å². The molecule has 0 saturated carbocycles. The Bertz CT molecular complexity index is 612. The van der Waals surface area contributed by atoms with Crippen molar-refractivity contribution in [1.29, 1.82) is 0 Å². The molecule has 2 heteroatoms. The van der Waals surface area contributed by atoms with Crippen LogP contribution in [0.1, 0.15) is 36.0 Å². The smallest absolute Gasteiger partial charge is 0.303 e. The molecule has 104 valence electrons. The highest BCUT2D eigenvalue weighted by atomic mass is 16.4. The summed E-state index contributed by atoms with van der Waals surface area (Å²) in [6, 6.07) is 14.6. The molecule has 2 aromatic rings. The molecule has 0 spiro atoms. The maximum absolute atomic E-state index is 10.7. The molecule has 0 amide bonds. The lowest BCUT2D eigenvalue weighted by atomic mass is 9.93. The van der Waals surface area contributed by atoms with E-state index in [9.17, 15) is 4.79 Å². The summed E-state index contributed by atoms with van der Waals surface area (Å²) in [4.78, 5) is 10.7. The molecule has 2 rings (SSSR count). The van der Waals surface area contributed by atoms with Crippen molar-refractivity contribution in [3.8, 4) is 11.1 Å². The highest BCUT2D eigenvalue weighted by Crippen LogP contribution is 2.27. The highest BCUT2D eigenvalue weighted by molar-refractivity contribution is 5.69. The fraction of sp³-hybridized carbons (Fsp3) is 0.278. The molecule has 20 heavy (non-hydrogen) atoms. The lowest BCUT2D eigenvalue weighted by molar-refractivity contribution is -0.137. The maximum atomic E-state index is 10.7. The molecule has 0 radical (unpaired) electrons. The quantitative estimate of drug-likeness (QED) is 0.883. The van der Waals surface area contributed by atoms with Gasteiger partial charge < -0.3 is 5.11 Å². The van der Waals surface area contributed by atoms with Crippen molar-refractivity contribution < 1.29 is 9.90 Å². The summed E-state index contributed by atoms with van der Waals surface area (Å²) in [5.74, 6) is -0.711. The van der Waals surface area contributed by atoms with Crippen LogP contribution in [-0.2, 0) is 4.79 Å². The van der Waals surface area contributed by atoms with Crippen LogP contribution in [0.15, 0.2) is 42.5 Å². The van der Waals surface area contributed by atoms with Gasteiger partial charge in [-0.25, -0.2) is 0 Å². The zero-order valence-corrected chi connectivity index (χ0v) is 12.2. The molecule has 2 aromatic carbocycles. The Morgan fingerprint density at radius 2 is 1.75 bits per heavy atom. The number of hydrogen-bond acceptors (Lipinski definition) is 1. The number of aryl methyl sites for hydroxylation is 2. The van der Waals surface area contributed by atoms with Crippen LogP contribution >= 0.6 is 0 Å². The zero-order chi connectivity index (χ0) is 14.7. The van der Waals surface area contributed by atoms with E-state index in [4.69, 9.17) is 5.11 Å². The number of carbonyl (C=O) groups is 1. The first kappa shape index (κ1) is 14.3. The molecule has 0 aromatic heterocycles. The molecule has 1 atom stereocenters. The van der Waals surface area contributed by atoms with E-state index >= 15 is 0 Å². The van der Waals surface area contributed by atoms with Gasteiger partial charge in [0.1, 0.15) is 0 Å². The largest absolute Gasteiger partial charge is 0.481 e. The van der Waals surface area contributed by atoms with Gasteiger partial charge >= 0.3 is 5.97 Å². The van der Waals surface area contributed by atoms with E-state index < -0.39 is 5.97 Å². The van der Waals surface area contributed by atoms with Crippen LogP contribution in [0.4, 0.5) is 0 Å². The predicted octanol–water partition coefficient (Wildman–Crippen LogP) is 4.55. The van der Waals surface area contributed by atoms with Crippen molar-refractivity contribution in [2.75, 3.05) is 0 Å². The fourth-order valence-corrected chi connectivity index (χ4v) is 2.51. The van der Waals surface area contributed by atoms with Gasteiger partial charge in [-0.2, -0.15) is 0 Å². The second kappa shape index (κ2) is 5.91. The number of hydrogen-bond donors (Lipinski definition) is 1. The fourth-order valence-electron chi connectivity index (χ4n) is 2.51. The molecule has 0 aliphatic rings. The van der Waals surface area contributed by atoms with E-state index in [1.807, 2.05) is 19.1 Å². The van der Waals surface area contributed by atoms with Crippen LogP contribution < -0.4 is 0 Å². The maximum Gasteiger partial charge on any atom is 0.303 e. The Morgan fingerprint density at radius 3 is 2.30 bits per heavy atom. The Kier molecular flexibility index (Phi) is 4.23. The Hall–Kier alpha value is -2.09. The van der Waals surface area contributed by atoms with Crippen LogP contribution in [0.2, 0.25) is 0 Å². The molecule has 1 N–H and O–H groups in total. The molecule has 1 unspecified atom stereocenters. The second-order valence-electron chi connectivity index (χ2n) is 5.44. The van der Waals surface area contributed by atoms with Crippen molar-refractivity contribution in [3.63, 3.8) is 0 Å². The Balaban J connectivity index is 2.25. The topological polar surface area (TPSA) is 37.3 Å². The zero-order valence-electron chi connectivity index (χ0n) is 12.2. The van der Waals surface area contributed by atoms with E-state index in [1.54, 1.807) is 0 Å². The first-order chi connectivity index (χ1) is 9.47. The van der Waals surface area contributed by atoms with Crippen molar-refractivity contribution in [2.24, 2.45) is 0 Å². The first-order valence-electron chi connectivity index (χ1n) is 6.86. The molecule has 2 nitrogen and oxygen atoms in total. The second-order valence-corrected chi connectivity index (χ2v) is 5.44. The van der Waals surface area contributed by atoms with Crippen molar-refractivity contribution in [1.82, 2.24) is 0 Å². The minimum Gasteiger partial charge on any atom is -0.481 e. The summed E-state index contributed by atoms with van der Waals surface area (Å²) in [5.41, 5.74) is 6.00. The van der Waals surface area contributed by atoms with E-state index in [0.29, 0.717) is 0 Å². The Labute approximate surface area is 120 Å². The summed E-state index contributed by atoms with van der Waals surface area (Å²) in [6.45, 7) is 6.15. The molecule has 0 aliphatic carbocycles. The van der Waals surface area contributed by atoms with Crippen molar-refractivity contribution >= 4 is 5.97 Å². The van der Waals surface area contributed by atoms with Crippen molar-refractivity contribution in [2.45, 2.75) is 33.1 Å². The summed E-state index contributed by atoms with van der Waals surface area (Å²) in [5, 5.41) is 8.84. The van der Waals surface area contributed by atoms with Gasteiger partial charge in [0.15, 0.2) is 0 Å². The Morgan fingerprint density at radius 1 is 1.10 bits per heavy atom. The minimum atomic E-state index is -0.754. The summed E-state index contributed by atoms with van der Waals surface area (Å²) < 4.78 is 0. The number of benzene rings is 2. The van der Waals surface area contributed by atoms with Crippen LogP contribution in [0.25, 0.3) is 11.1 Å². The first-order valence-corrected chi connectivity index (χ1v) is 6.86. The van der Waals surface area contributed by atoms with E-state index in [-0.39, 0.29) is 12.3 Å². The van der Waals surface area contributed by atoms with Gasteiger partial charge in [0.25, 0.3) is 0 Å². The van der Waals surface area contributed by atoms with Gasteiger partial charge in [-0.1, -0.05) is 55.0 Å². The third-order valence-corrected chi connectivity index (χ3v) is 3.65. The molecular weight excluding hydrogens is 248 g/mol. The van der Waals surface area contributed by atoms with Crippen LogP contribution in [-0.4, -0.2) is 11.1 Å². The minimum absolute atomic E-state index is 0.0423. The standard InChI is InChI=1S/C18H20O2/c1-12-4-9-17(14(3)10-12)16-7-5-15(6-8-16)13(2)11-18(19)20/h4-10,13H,11H2,1-3H3,(H,19,20). The number of carboxylic acid groups (broad SMARTS) is 1. The summed E-state index contributed by atoms with van der Waals surface area (Å²) in [6.07, 6.45) is 0.170. The summed E-state index contributed by atoms with van der Waals surface area (Å²) in [7, 11) is 0. The monoisotopic (exact) mass is 268 g/mol. The third kappa shape index (κ3) is 3.27. The van der Waals surface area contributed by atoms with E-state index in [2.05, 4.69) is 44.2 Å². The van der Waals surface area contributed by atoms with Gasteiger partial charge in [0.2, 0.25) is 0 Å². The van der Waals surface area contributed by atoms with E-state index in [0.717, 1.165) is 5.56 Å². The number of rotatable bonds is 4. The SMILES string of the molecule is Cc1ccc(-c2ccc(C(C)CC(=O)O)cc2)c(C)c1. The number of aliphatic carboxylic acids is 1. The van der Waals surface area contributed by atoms with Gasteiger partial charge in [-0.05, 0) is 42.0 Å². The molecular formula is C18H20O2. The van der Waals surface area contributed by atoms with Gasteiger partial charge in [0, 0.05) is 0 Å². The lowest BCUT2D eigenvalue weighted by Gasteiger charge is -2.11. The molecule has 0 fully saturated rings. The predicted molar refractivity (Wildman–Crippen MR) is 82.0 cm³/mol. The van der Waals surface area contributed by atoms with Crippen LogP contribution in [0, 0.1) is 13.8 Å². The van der Waals surface area contributed by atoms with Gasteiger partial charge in [0.05, 0.1) is 6.42 Å². The average Bonchev–Trinajstić information content (AvgIpc) is 2.38. The normalized spacial score (nSPS) is 12.2. The van der Waals surface area contributed by atoms with Crippen LogP contribution in [0.3, 0.4) is 0 Å². The average molecular weight is 268 g/mol. The highest BCUT2D eigenvalue weighted by Gasteiger charge is 2.10. The van der Waals surface area contributed by atoms with Gasteiger partial charge in [-0.3, -0.25) is 4.79 Å². The molecule has 0 heterocycles. The molecule has 0 aliphatic heterocycles. The number of carboxylic acids is 1.